The summed E-state index contributed by atoms with van der Waals surface area (Å²) in [6.45, 7) is 7.01. The number of aromatic nitrogens is 3. The molecule has 0 bridgehead atoms. The number of hydrogen-bond acceptors (Lipinski definition) is 7. The van der Waals surface area contributed by atoms with Crippen molar-refractivity contribution in [2.24, 2.45) is 0 Å². The molecule has 2 rings (SSSR count). The van der Waals surface area contributed by atoms with E-state index in [4.69, 9.17) is 5.84 Å². The fourth-order valence-corrected chi connectivity index (χ4v) is 4.13. The topological polar surface area (TPSA) is 106 Å². The van der Waals surface area contributed by atoms with Crippen LogP contribution in [-0.4, -0.2) is 55.7 Å². The zero-order valence-corrected chi connectivity index (χ0v) is 18.2. The van der Waals surface area contributed by atoms with Crippen molar-refractivity contribution in [3.05, 3.63) is 30.1 Å². The molecule has 1 aromatic carbocycles. The molecule has 29 heavy (non-hydrogen) atoms. The predicted molar refractivity (Wildman–Crippen MR) is 114 cm³/mol. The number of benzene rings is 1. The maximum absolute atomic E-state index is 13.0. The van der Waals surface area contributed by atoms with Crippen molar-refractivity contribution in [2.75, 3.05) is 30.0 Å². The molecule has 0 spiro atoms. The van der Waals surface area contributed by atoms with Gasteiger partial charge in [-0.15, -0.1) is 10.2 Å². The van der Waals surface area contributed by atoms with E-state index in [2.05, 4.69) is 15.5 Å². The van der Waals surface area contributed by atoms with Gasteiger partial charge in [-0.2, -0.15) is 0 Å². The van der Waals surface area contributed by atoms with Crippen molar-refractivity contribution >= 4 is 41.0 Å². The van der Waals surface area contributed by atoms with Gasteiger partial charge < -0.3 is 16.1 Å². The van der Waals surface area contributed by atoms with E-state index in [1.54, 1.807) is 4.90 Å². The van der Waals surface area contributed by atoms with Crippen LogP contribution in [0.4, 0.5) is 10.1 Å². The zero-order valence-electron chi connectivity index (χ0n) is 16.6. The van der Waals surface area contributed by atoms with Crippen LogP contribution in [0.5, 0.6) is 0 Å². The summed E-state index contributed by atoms with van der Waals surface area (Å²) in [6, 6.07) is 5.56. The molecule has 1 unspecified atom stereocenters. The second kappa shape index (κ2) is 11.1. The van der Waals surface area contributed by atoms with Crippen molar-refractivity contribution in [3.8, 4) is 0 Å². The number of carbonyl (C=O) groups is 2. The van der Waals surface area contributed by atoms with Gasteiger partial charge in [0.15, 0.2) is 0 Å². The Morgan fingerprint density at radius 2 is 1.79 bits per heavy atom. The van der Waals surface area contributed by atoms with Crippen molar-refractivity contribution in [3.63, 3.8) is 0 Å². The summed E-state index contributed by atoms with van der Waals surface area (Å²) in [5.41, 5.74) is 0.510. The zero-order chi connectivity index (χ0) is 21.4. The Hall–Kier alpha value is -2.27. The number of thioether (sulfide) groups is 2. The molecule has 2 amide bonds. The van der Waals surface area contributed by atoms with E-state index >= 15 is 0 Å². The van der Waals surface area contributed by atoms with E-state index in [-0.39, 0.29) is 23.4 Å². The van der Waals surface area contributed by atoms with Crippen LogP contribution >= 0.6 is 23.5 Å². The molecular weight excluding hydrogens is 415 g/mol. The standard InChI is InChI=1S/C18H25FN6O2S2/c1-4-14(16(27)21-13-9-7-12(19)8-10-13)29-18-23-22-17(25(18)20)28-11-15(26)24(5-2)6-3/h7-10,14H,4-6,11,20H2,1-3H3,(H,21,27). The molecule has 0 aliphatic heterocycles. The van der Waals surface area contributed by atoms with Crippen molar-refractivity contribution < 1.29 is 14.0 Å². The van der Waals surface area contributed by atoms with E-state index in [9.17, 15) is 14.0 Å². The Morgan fingerprint density at radius 3 is 2.38 bits per heavy atom. The van der Waals surface area contributed by atoms with Crippen LogP contribution in [0.1, 0.15) is 27.2 Å². The van der Waals surface area contributed by atoms with Gasteiger partial charge in [0.1, 0.15) is 5.82 Å². The number of carbonyl (C=O) groups excluding carboxylic acids is 2. The van der Waals surface area contributed by atoms with Gasteiger partial charge in [0.25, 0.3) is 0 Å². The number of hydrogen-bond donors (Lipinski definition) is 2. The lowest BCUT2D eigenvalue weighted by molar-refractivity contribution is -0.128. The molecular formula is C18H25FN6O2S2. The van der Waals surface area contributed by atoms with E-state index in [0.29, 0.717) is 35.5 Å². The summed E-state index contributed by atoms with van der Waals surface area (Å²) < 4.78 is 14.3. The molecule has 1 aromatic heterocycles. The number of nitrogen functional groups attached to an aromatic ring is 1. The van der Waals surface area contributed by atoms with E-state index in [0.717, 1.165) is 0 Å². The lowest BCUT2D eigenvalue weighted by Gasteiger charge is -2.17. The summed E-state index contributed by atoms with van der Waals surface area (Å²) in [6.07, 6.45) is 0.535. The second-order valence-electron chi connectivity index (χ2n) is 6.00. The maximum Gasteiger partial charge on any atom is 0.237 e. The molecule has 0 saturated heterocycles. The first kappa shape index (κ1) is 23.0. The molecule has 8 nitrogen and oxygen atoms in total. The Balaban J connectivity index is 1.98. The highest BCUT2D eigenvalue weighted by molar-refractivity contribution is 8.00. The molecule has 0 radical (unpaired) electrons. The first-order valence-electron chi connectivity index (χ1n) is 9.23. The molecule has 0 aliphatic carbocycles. The second-order valence-corrected chi connectivity index (χ2v) is 8.11. The molecule has 11 heteroatoms. The third-order valence-corrected chi connectivity index (χ3v) is 6.35. The average molecular weight is 441 g/mol. The van der Waals surface area contributed by atoms with Gasteiger partial charge in [0, 0.05) is 18.8 Å². The minimum absolute atomic E-state index is 0.00214. The highest BCUT2D eigenvalue weighted by atomic mass is 32.2. The summed E-state index contributed by atoms with van der Waals surface area (Å²) in [5.74, 6) is 5.66. The Bertz CT molecular complexity index is 826. The van der Waals surface area contributed by atoms with Crippen molar-refractivity contribution in [2.45, 2.75) is 42.8 Å². The number of halogens is 1. The van der Waals surface area contributed by atoms with E-state index in [1.807, 2.05) is 20.8 Å². The number of nitrogens with two attached hydrogens (primary N) is 1. The third kappa shape index (κ3) is 6.36. The summed E-state index contributed by atoms with van der Waals surface area (Å²) in [4.78, 5) is 26.4. The Labute approximate surface area is 177 Å². The number of rotatable bonds is 10. The van der Waals surface area contributed by atoms with Crippen LogP contribution < -0.4 is 11.2 Å². The quantitative estimate of drug-likeness (QED) is 0.432. The monoisotopic (exact) mass is 440 g/mol. The third-order valence-electron chi connectivity index (χ3n) is 4.10. The van der Waals surface area contributed by atoms with Crippen LogP contribution in [0.3, 0.4) is 0 Å². The van der Waals surface area contributed by atoms with Crippen LogP contribution in [0.25, 0.3) is 0 Å². The van der Waals surface area contributed by atoms with E-state index in [1.165, 1.54) is 52.5 Å². The summed E-state index contributed by atoms with van der Waals surface area (Å²) >= 11 is 2.39. The molecule has 2 aromatic rings. The minimum atomic E-state index is -0.457. The molecule has 1 heterocycles. The molecule has 158 valence electrons. The SMILES string of the molecule is CCC(Sc1nnc(SCC(=O)N(CC)CC)n1N)C(=O)Nc1ccc(F)cc1. The summed E-state index contributed by atoms with van der Waals surface area (Å²) in [7, 11) is 0. The average Bonchev–Trinajstić information content (AvgIpc) is 3.06. The maximum atomic E-state index is 13.0. The van der Waals surface area contributed by atoms with Gasteiger partial charge in [-0.3, -0.25) is 9.59 Å². The first-order valence-corrected chi connectivity index (χ1v) is 11.1. The first-order chi connectivity index (χ1) is 13.9. The number of anilines is 1. The van der Waals surface area contributed by atoms with Crippen LogP contribution in [0, 0.1) is 5.82 Å². The molecule has 1 atom stereocenters. The minimum Gasteiger partial charge on any atom is -0.343 e. The Kier molecular flexibility index (Phi) is 8.77. The number of nitrogens with zero attached hydrogens (tertiary/aromatic N) is 4. The van der Waals surface area contributed by atoms with Gasteiger partial charge in [-0.05, 0) is 44.5 Å². The van der Waals surface area contributed by atoms with Crippen LogP contribution in [0.15, 0.2) is 34.6 Å². The smallest absolute Gasteiger partial charge is 0.237 e. The highest BCUT2D eigenvalue weighted by Gasteiger charge is 2.23. The van der Waals surface area contributed by atoms with Gasteiger partial charge >= 0.3 is 0 Å². The van der Waals surface area contributed by atoms with E-state index < -0.39 is 5.25 Å². The molecule has 0 saturated carbocycles. The Morgan fingerprint density at radius 1 is 1.17 bits per heavy atom. The largest absolute Gasteiger partial charge is 0.343 e. The molecule has 3 N–H and O–H groups in total. The summed E-state index contributed by atoms with van der Waals surface area (Å²) in [5, 5.41) is 11.1. The lowest BCUT2D eigenvalue weighted by Crippen LogP contribution is -2.32. The van der Waals surface area contributed by atoms with Crippen LogP contribution in [0.2, 0.25) is 0 Å². The normalized spacial score (nSPS) is 11.9. The van der Waals surface area contributed by atoms with Crippen molar-refractivity contribution in [1.82, 2.24) is 19.8 Å². The van der Waals surface area contributed by atoms with Gasteiger partial charge in [0.05, 0.1) is 11.0 Å². The molecule has 0 fully saturated rings. The lowest BCUT2D eigenvalue weighted by atomic mass is 10.2. The van der Waals surface area contributed by atoms with Gasteiger partial charge in [0.2, 0.25) is 22.1 Å². The number of nitrogens with one attached hydrogen (secondary N) is 1. The number of amides is 2. The van der Waals surface area contributed by atoms with Crippen LogP contribution in [-0.2, 0) is 9.59 Å². The van der Waals surface area contributed by atoms with Gasteiger partial charge in [-0.25, -0.2) is 9.07 Å². The fourth-order valence-electron chi connectivity index (χ4n) is 2.44. The molecule has 0 aliphatic rings. The fraction of sp³-hybridized carbons (Fsp3) is 0.444. The van der Waals surface area contributed by atoms with Crippen molar-refractivity contribution in [1.29, 1.82) is 0 Å². The predicted octanol–water partition coefficient (Wildman–Crippen LogP) is 2.60. The highest BCUT2D eigenvalue weighted by Crippen LogP contribution is 2.27. The van der Waals surface area contributed by atoms with Gasteiger partial charge in [-0.1, -0.05) is 30.4 Å².